The minimum absolute atomic E-state index is 0.299. The second-order valence-corrected chi connectivity index (χ2v) is 3.88. The monoisotopic (exact) mass is 281 g/mol. The van der Waals surface area contributed by atoms with Gasteiger partial charge in [-0.1, -0.05) is 0 Å². The average Bonchev–Trinajstić information content (AvgIpc) is 2.61. The van der Waals surface area contributed by atoms with Crippen molar-refractivity contribution >= 4 is 28.8 Å². The number of methoxy groups -OCH3 is 1. The zero-order valence-corrected chi connectivity index (χ0v) is 10.3. The molecule has 1 heterocycles. The number of nitrogens with zero attached hydrogens (tertiary/aromatic N) is 3. The van der Waals surface area contributed by atoms with Gasteiger partial charge in [-0.2, -0.15) is 0 Å². The molecule has 2 rings (SSSR count). The Labute approximate surface area is 110 Å². The van der Waals surface area contributed by atoms with Gasteiger partial charge < -0.3 is 9.64 Å². The summed E-state index contributed by atoms with van der Waals surface area (Å²) in [6.07, 6.45) is 0. The van der Waals surface area contributed by atoms with Crippen molar-refractivity contribution < 1.29 is 24.2 Å². The van der Waals surface area contributed by atoms with Crippen LogP contribution in [0.15, 0.2) is 6.07 Å². The first kappa shape index (κ1) is 13.4. The summed E-state index contributed by atoms with van der Waals surface area (Å²) < 4.78 is 4.71. The highest BCUT2D eigenvalue weighted by molar-refractivity contribution is 6.52. The van der Waals surface area contributed by atoms with Gasteiger partial charge in [0.2, 0.25) is 0 Å². The molecule has 1 aromatic rings. The molecule has 0 N–H and O–H groups in total. The van der Waals surface area contributed by atoms with Crippen LogP contribution >= 0.6 is 0 Å². The van der Waals surface area contributed by atoms with Crippen LogP contribution in [0.1, 0.15) is 10.4 Å². The second kappa shape index (κ2) is 4.26. The summed E-state index contributed by atoms with van der Waals surface area (Å²) in [6.45, 7) is 0. The van der Waals surface area contributed by atoms with E-state index in [2.05, 4.69) is 0 Å². The second-order valence-electron chi connectivity index (χ2n) is 3.88. The number of likely N-dealkylation sites (N-methyl/N-ethyl adjacent to an activating group) is 1. The number of hydrogen-bond donors (Lipinski definition) is 0. The van der Waals surface area contributed by atoms with Crippen molar-refractivity contribution in [1.82, 2.24) is 0 Å². The fraction of sp³-hybridized carbons (Fsp3) is 0.200. The molecule has 0 atom stereocenters. The maximum atomic E-state index is 11.7. The standard InChI is InChI=1S/C10H7N3O7/c1-11-6-4(8(14)10(11)15)3-5(12(16)17)9(20-2)7(6)13(18)19/h3H,1-2H3. The largest absolute Gasteiger partial charge is 0.485 e. The predicted octanol–water partition coefficient (Wildman–Crippen LogP) is 0.671. The van der Waals surface area contributed by atoms with Crippen molar-refractivity contribution in [2.24, 2.45) is 0 Å². The lowest BCUT2D eigenvalue weighted by atomic mass is 10.1. The Morgan fingerprint density at radius 3 is 2.25 bits per heavy atom. The molecule has 1 aromatic carbocycles. The average molecular weight is 281 g/mol. The number of carbonyl (C=O) groups excluding carboxylic acids is 2. The van der Waals surface area contributed by atoms with E-state index in [1.54, 1.807) is 0 Å². The molecule has 0 fully saturated rings. The highest BCUT2D eigenvalue weighted by Crippen LogP contribution is 2.48. The number of ketones is 1. The predicted molar refractivity (Wildman–Crippen MR) is 64.0 cm³/mol. The van der Waals surface area contributed by atoms with Crippen LogP contribution in [0.4, 0.5) is 17.1 Å². The minimum atomic E-state index is -1.03. The van der Waals surface area contributed by atoms with E-state index in [0.29, 0.717) is 0 Å². The van der Waals surface area contributed by atoms with Crippen LogP contribution in [0.2, 0.25) is 0 Å². The van der Waals surface area contributed by atoms with E-state index in [4.69, 9.17) is 4.74 Å². The van der Waals surface area contributed by atoms with E-state index in [-0.39, 0.29) is 11.3 Å². The van der Waals surface area contributed by atoms with Gasteiger partial charge in [0, 0.05) is 13.1 Å². The number of Topliss-reactive ketones (excluding diaryl/α,β-unsaturated/α-hetero) is 1. The van der Waals surface area contributed by atoms with Crippen molar-refractivity contribution in [3.63, 3.8) is 0 Å². The number of nitro groups is 2. The highest BCUT2D eigenvalue weighted by atomic mass is 16.6. The van der Waals surface area contributed by atoms with Crippen LogP contribution in [0.3, 0.4) is 0 Å². The molecule has 10 nitrogen and oxygen atoms in total. The Bertz CT molecular complexity index is 682. The molecular weight excluding hydrogens is 274 g/mol. The molecule has 0 saturated carbocycles. The molecule has 0 saturated heterocycles. The van der Waals surface area contributed by atoms with Crippen molar-refractivity contribution in [1.29, 1.82) is 0 Å². The molecule has 10 heteroatoms. The summed E-state index contributed by atoms with van der Waals surface area (Å²) in [5.74, 6) is -2.63. The van der Waals surface area contributed by atoms with Crippen LogP contribution in [-0.4, -0.2) is 35.7 Å². The Morgan fingerprint density at radius 1 is 1.20 bits per heavy atom. The number of fused-ring (bicyclic) bond motifs is 1. The number of amides is 1. The van der Waals surface area contributed by atoms with Gasteiger partial charge in [-0.25, -0.2) is 0 Å². The molecule has 0 spiro atoms. The smallest absolute Gasteiger partial charge is 0.342 e. The molecule has 1 amide bonds. The summed E-state index contributed by atoms with van der Waals surface area (Å²) in [6, 6.07) is 0.810. The molecule has 1 aliphatic heterocycles. The van der Waals surface area contributed by atoms with E-state index in [0.717, 1.165) is 18.1 Å². The van der Waals surface area contributed by atoms with Gasteiger partial charge in [-0.05, 0) is 0 Å². The Kier molecular flexibility index (Phi) is 2.85. The zero-order chi connectivity index (χ0) is 15.2. The lowest BCUT2D eigenvalue weighted by molar-refractivity contribution is -0.395. The summed E-state index contributed by atoms with van der Waals surface area (Å²) in [5, 5.41) is 22.0. The summed E-state index contributed by atoms with van der Waals surface area (Å²) in [5.41, 5.74) is -2.20. The normalized spacial score (nSPS) is 13.4. The quantitative estimate of drug-likeness (QED) is 0.451. The maximum absolute atomic E-state index is 11.7. The van der Waals surface area contributed by atoms with Gasteiger partial charge in [-0.3, -0.25) is 29.8 Å². The number of hydrogen-bond acceptors (Lipinski definition) is 7. The zero-order valence-electron chi connectivity index (χ0n) is 10.3. The molecule has 0 unspecified atom stereocenters. The molecule has 0 radical (unpaired) electrons. The third kappa shape index (κ3) is 1.58. The first-order chi connectivity index (χ1) is 9.31. The topological polar surface area (TPSA) is 133 Å². The molecule has 0 aliphatic carbocycles. The lowest BCUT2D eigenvalue weighted by Crippen LogP contribution is -2.25. The first-order valence-corrected chi connectivity index (χ1v) is 5.17. The summed E-state index contributed by atoms with van der Waals surface area (Å²) in [4.78, 5) is 44.2. The van der Waals surface area contributed by atoms with E-state index in [9.17, 15) is 29.8 Å². The fourth-order valence-corrected chi connectivity index (χ4v) is 2.01. The lowest BCUT2D eigenvalue weighted by Gasteiger charge is -2.11. The van der Waals surface area contributed by atoms with Crippen molar-refractivity contribution in [3.8, 4) is 5.75 Å². The van der Waals surface area contributed by atoms with Gasteiger partial charge >= 0.3 is 11.4 Å². The van der Waals surface area contributed by atoms with E-state index in [1.165, 1.54) is 7.05 Å². The third-order valence-corrected chi connectivity index (χ3v) is 2.87. The van der Waals surface area contributed by atoms with Gasteiger partial charge in [0.1, 0.15) is 5.69 Å². The number of carbonyl (C=O) groups is 2. The molecule has 104 valence electrons. The number of benzene rings is 1. The fourth-order valence-electron chi connectivity index (χ4n) is 2.01. The van der Waals surface area contributed by atoms with Gasteiger partial charge in [0.15, 0.2) is 0 Å². The third-order valence-electron chi connectivity index (χ3n) is 2.87. The molecular formula is C10H7N3O7. The molecule has 20 heavy (non-hydrogen) atoms. The SMILES string of the molecule is COc1c([N+](=O)[O-])cc2c(c1[N+](=O)[O-])N(C)C(=O)C2=O. The Hall–Kier alpha value is -3.04. The van der Waals surface area contributed by atoms with Crippen LogP contribution in [-0.2, 0) is 4.79 Å². The van der Waals surface area contributed by atoms with Crippen LogP contribution in [0, 0.1) is 20.2 Å². The maximum Gasteiger partial charge on any atom is 0.342 e. The number of rotatable bonds is 3. The van der Waals surface area contributed by atoms with Crippen LogP contribution in [0.5, 0.6) is 5.75 Å². The minimum Gasteiger partial charge on any atom is -0.485 e. The van der Waals surface area contributed by atoms with E-state index < -0.39 is 38.7 Å². The number of ether oxygens (including phenoxy) is 1. The van der Waals surface area contributed by atoms with Crippen LogP contribution in [0.25, 0.3) is 0 Å². The first-order valence-electron chi connectivity index (χ1n) is 5.17. The Balaban J connectivity index is 2.94. The van der Waals surface area contributed by atoms with Crippen LogP contribution < -0.4 is 9.64 Å². The van der Waals surface area contributed by atoms with Gasteiger partial charge in [-0.15, -0.1) is 0 Å². The molecule has 0 bridgehead atoms. The molecule has 1 aliphatic rings. The number of nitro benzene ring substituents is 2. The van der Waals surface area contributed by atoms with Crippen molar-refractivity contribution in [2.45, 2.75) is 0 Å². The van der Waals surface area contributed by atoms with Gasteiger partial charge in [0.25, 0.3) is 17.4 Å². The Morgan fingerprint density at radius 2 is 1.80 bits per heavy atom. The van der Waals surface area contributed by atoms with E-state index in [1.807, 2.05) is 0 Å². The summed E-state index contributed by atoms with van der Waals surface area (Å²) in [7, 11) is 2.20. The number of anilines is 1. The molecule has 0 aromatic heterocycles. The summed E-state index contributed by atoms with van der Waals surface area (Å²) >= 11 is 0. The van der Waals surface area contributed by atoms with Gasteiger partial charge in [0.05, 0.1) is 22.5 Å². The van der Waals surface area contributed by atoms with Crippen molar-refractivity contribution in [2.75, 3.05) is 19.1 Å². The highest BCUT2D eigenvalue weighted by Gasteiger charge is 2.44. The van der Waals surface area contributed by atoms with Crippen molar-refractivity contribution in [3.05, 3.63) is 31.9 Å². The van der Waals surface area contributed by atoms with E-state index >= 15 is 0 Å².